The maximum absolute atomic E-state index is 13.1. The zero-order chi connectivity index (χ0) is 24.2. The van der Waals surface area contributed by atoms with Gasteiger partial charge in [0.2, 0.25) is 5.91 Å². The molecule has 7 heteroatoms. The molecule has 0 bridgehead atoms. The van der Waals surface area contributed by atoms with E-state index in [1.54, 1.807) is 40.7 Å². The first kappa shape index (κ1) is 31.2. The maximum Gasteiger partial charge on any atom is 1.00 e. The first-order chi connectivity index (χ1) is 15.8. The van der Waals surface area contributed by atoms with Gasteiger partial charge in [-0.1, -0.05) is 90.7 Å². The minimum Gasteiger partial charge on any atom is -0.545 e. The molecule has 0 saturated carbocycles. The number of carbonyl (C=O) groups excluding carboxylic acids is 2. The van der Waals surface area contributed by atoms with Crippen molar-refractivity contribution in [2.45, 2.75) is 102 Å². The minimum atomic E-state index is -1.22. The van der Waals surface area contributed by atoms with Crippen LogP contribution in [0.15, 0.2) is 29.4 Å². The molecule has 34 heavy (non-hydrogen) atoms. The summed E-state index contributed by atoms with van der Waals surface area (Å²) in [5.41, 5.74) is 6.31. The third kappa shape index (κ3) is 10.1. The molecule has 2 aromatic rings. The molecule has 1 aromatic heterocycles. The summed E-state index contributed by atoms with van der Waals surface area (Å²) >= 11 is 1.66. The Bertz CT molecular complexity index is 897. The number of carbonyl (C=O) groups is 2. The van der Waals surface area contributed by atoms with Gasteiger partial charge in [-0.3, -0.25) is 9.36 Å². The Labute approximate surface area is 231 Å². The SMILES string of the molecule is CCCCCCCCCCCCSc1c2ccc(C(=O)[O-])cc2cn1C(=O)[C@@H](N)CC(C)C.[Na+]. The monoisotopic (exact) mass is 496 g/mol. The van der Waals surface area contributed by atoms with E-state index in [2.05, 4.69) is 6.92 Å². The second-order valence-electron chi connectivity index (χ2n) is 9.50. The third-order valence-electron chi connectivity index (χ3n) is 6.02. The van der Waals surface area contributed by atoms with Crippen molar-refractivity contribution in [2.75, 3.05) is 5.75 Å². The van der Waals surface area contributed by atoms with Crippen molar-refractivity contribution in [3.05, 3.63) is 30.0 Å². The molecule has 184 valence electrons. The molecule has 0 saturated heterocycles. The van der Waals surface area contributed by atoms with Crippen molar-refractivity contribution in [2.24, 2.45) is 11.7 Å². The summed E-state index contributed by atoms with van der Waals surface area (Å²) in [7, 11) is 0. The van der Waals surface area contributed by atoms with Gasteiger partial charge < -0.3 is 15.6 Å². The quantitative estimate of drug-likeness (QED) is 0.219. The third-order valence-corrected chi connectivity index (χ3v) is 7.20. The van der Waals surface area contributed by atoms with Gasteiger partial charge in [0.15, 0.2) is 0 Å². The van der Waals surface area contributed by atoms with Crippen LogP contribution in [0.4, 0.5) is 0 Å². The number of aromatic nitrogens is 1. The van der Waals surface area contributed by atoms with Gasteiger partial charge in [-0.15, -0.1) is 11.8 Å². The number of unbranched alkanes of at least 4 members (excludes halogenated alkanes) is 9. The first-order valence-corrected chi connectivity index (χ1v) is 13.6. The molecular weight excluding hydrogens is 455 g/mol. The molecule has 2 rings (SSSR count). The van der Waals surface area contributed by atoms with Crippen LogP contribution in [0.25, 0.3) is 10.8 Å². The summed E-state index contributed by atoms with van der Waals surface area (Å²) in [5.74, 6) is -0.112. The zero-order valence-corrected chi connectivity index (χ0v) is 24.4. The van der Waals surface area contributed by atoms with E-state index in [9.17, 15) is 14.7 Å². The first-order valence-electron chi connectivity index (χ1n) is 12.6. The molecule has 2 N–H and O–H groups in total. The average Bonchev–Trinajstić information content (AvgIpc) is 3.14. The fourth-order valence-corrected chi connectivity index (χ4v) is 5.34. The standard InChI is InChI=1S/C27H42N2O3S.Na/c1-4-5-6-7-8-9-10-11-12-13-16-33-26-23-15-14-21(27(31)32)18-22(23)19-29(26)25(30)24(28)17-20(2)3;/h14-15,18-20,24H,4-13,16-17,28H2,1-3H3,(H,31,32);/q;+1/p-1/t24-;/m0./s1. The molecule has 0 aliphatic rings. The number of hydrogen-bond acceptors (Lipinski definition) is 5. The fraction of sp³-hybridized carbons (Fsp3) is 0.630. The van der Waals surface area contributed by atoms with Crippen molar-refractivity contribution >= 4 is 34.4 Å². The number of rotatable bonds is 16. The fourth-order valence-electron chi connectivity index (χ4n) is 4.18. The van der Waals surface area contributed by atoms with E-state index >= 15 is 0 Å². The van der Waals surface area contributed by atoms with Gasteiger partial charge in [0, 0.05) is 17.0 Å². The molecule has 1 atom stereocenters. The number of nitrogens with two attached hydrogens (primary N) is 1. The average molecular weight is 497 g/mol. The number of nitrogens with zero attached hydrogens (tertiary/aromatic N) is 1. The van der Waals surface area contributed by atoms with Crippen molar-refractivity contribution in [1.29, 1.82) is 0 Å². The summed E-state index contributed by atoms with van der Waals surface area (Å²) < 4.78 is 1.64. The zero-order valence-electron chi connectivity index (χ0n) is 21.6. The van der Waals surface area contributed by atoms with E-state index in [1.807, 2.05) is 13.8 Å². The number of carboxylic acid groups (broad SMARTS) is 1. The van der Waals surface area contributed by atoms with Crippen LogP contribution in [0.1, 0.15) is 107 Å². The Kier molecular flexibility index (Phi) is 15.4. The van der Waals surface area contributed by atoms with Gasteiger partial charge in [-0.2, -0.15) is 0 Å². The Balaban J connectivity index is 0.00000578. The molecule has 0 spiro atoms. The van der Waals surface area contributed by atoms with Gasteiger partial charge in [-0.25, -0.2) is 0 Å². The smallest absolute Gasteiger partial charge is 0.545 e. The summed E-state index contributed by atoms with van der Waals surface area (Å²) in [6.07, 6.45) is 15.2. The van der Waals surface area contributed by atoms with Crippen LogP contribution < -0.4 is 40.4 Å². The molecule has 0 fully saturated rings. The van der Waals surface area contributed by atoms with Crippen molar-refractivity contribution in [1.82, 2.24) is 4.57 Å². The number of carboxylic acids is 1. The van der Waals surface area contributed by atoms with Gasteiger partial charge in [0.1, 0.15) is 0 Å². The van der Waals surface area contributed by atoms with Gasteiger partial charge in [0.05, 0.1) is 17.0 Å². The van der Waals surface area contributed by atoms with Crippen molar-refractivity contribution < 1.29 is 44.3 Å². The molecular formula is C27H41N2NaO3S. The number of aromatic carboxylic acids is 1. The molecule has 1 aromatic carbocycles. The summed E-state index contributed by atoms with van der Waals surface area (Å²) in [5, 5.41) is 13.8. The number of hydrogen-bond donors (Lipinski definition) is 1. The predicted octanol–water partition coefficient (Wildman–Crippen LogP) is 3.04. The van der Waals surface area contributed by atoms with E-state index in [0.717, 1.165) is 28.0 Å². The Hall–Kier alpha value is -0.790. The topological polar surface area (TPSA) is 88.1 Å². The van der Waals surface area contributed by atoms with Crippen LogP contribution in [0, 0.1) is 5.92 Å². The number of benzene rings is 1. The van der Waals surface area contributed by atoms with E-state index in [4.69, 9.17) is 5.73 Å². The Morgan fingerprint density at radius 3 is 2.15 bits per heavy atom. The van der Waals surface area contributed by atoms with Crippen LogP contribution in [-0.2, 0) is 0 Å². The van der Waals surface area contributed by atoms with E-state index in [-0.39, 0.29) is 41.0 Å². The molecule has 1 heterocycles. The molecule has 5 nitrogen and oxygen atoms in total. The molecule has 0 unspecified atom stereocenters. The second kappa shape index (κ2) is 16.8. The van der Waals surface area contributed by atoms with Crippen molar-refractivity contribution in [3.8, 4) is 0 Å². The largest absolute Gasteiger partial charge is 1.00 e. The molecule has 0 amide bonds. The molecule has 0 aliphatic carbocycles. The van der Waals surface area contributed by atoms with Crippen LogP contribution in [0.3, 0.4) is 0 Å². The predicted molar refractivity (Wildman–Crippen MR) is 137 cm³/mol. The van der Waals surface area contributed by atoms with E-state index in [1.165, 1.54) is 57.8 Å². The second-order valence-corrected chi connectivity index (χ2v) is 10.6. The number of fused-ring (bicyclic) bond motifs is 1. The number of thioether (sulfide) groups is 1. The van der Waals surface area contributed by atoms with Crippen LogP contribution in [0.5, 0.6) is 0 Å². The van der Waals surface area contributed by atoms with Crippen LogP contribution in [0.2, 0.25) is 0 Å². The Morgan fingerprint density at radius 1 is 1.00 bits per heavy atom. The minimum absolute atomic E-state index is 0. The van der Waals surface area contributed by atoms with Crippen molar-refractivity contribution in [3.63, 3.8) is 0 Å². The van der Waals surface area contributed by atoms with E-state index < -0.39 is 12.0 Å². The van der Waals surface area contributed by atoms with Gasteiger partial charge in [0.25, 0.3) is 0 Å². The maximum atomic E-state index is 13.1. The molecule has 0 aliphatic heterocycles. The summed E-state index contributed by atoms with van der Waals surface area (Å²) in [6.45, 7) is 6.34. The van der Waals surface area contributed by atoms with E-state index in [0.29, 0.717) is 12.3 Å². The normalized spacial score (nSPS) is 12.1. The summed E-state index contributed by atoms with van der Waals surface area (Å²) in [4.78, 5) is 24.4. The van der Waals surface area contributed by atoms with Crippen LogP contribution in [-0.4, -0.2) is 28.2 Å². The molecule has 0 radical (unpaired) electrons. The Morgan fingerprint density at radius 2 is 1.59 bits per heavy atom. The van der Waals surface area contributed by atoms with Gasteiger partial charge >= 0.3 is 29.6 Å². The van der Waals surface area contributed by atoms with Gasteiger partial charge in [-0.05, 0) is 36.1 Å². The summed E-state index contributed by atoms with van der Waals surface area (Å²) in [6, 6.07) is 4.32. The van der Waals surface area contributed by atoms with Crippen LogP contribution >= 0.6 is 11.8 Å².